The standard InChI is InChI=1S/C31H33N7O9/c1-37-20-10-7-17(14-19(20)36-22(37)15-35-18-8-5-16(6-9-18)28(32)33)29(42)38(21-4-2-3-12-34-21)13-11-23(39)46-26-24(40)25(41)31(45)47-27(26)30(43)44/h2-10,12,14,24-27,31,35,40-41,45H,11,13,15H2,1H3,(H3,32,33)(H,43,44)/t24-,25-,26?,27+,31?/m1/s1. The molecule has 1 aliphatic rings. The Kier molecular flexibility index (Phi) is 9.76. The topological polar surface area (TPSA) is 246 Å². The quantitative estimate of drug-likeness (QED) is 0.0660. The molecule has 8 N–H and O–H groups in total. The summed E-state index contributed by atoms with van der Waals surface area (Å²) in [6.07, 6.45) is -8.55. The highest BCUT2D eigenvalue weighted by molar-refractivity contribution is 6.07. The number of nitrogens with two attached hydrogens (primary N) is 1. The van der Waals surface area contributed by atoms with Crippen molar-refractivity contribution in [2.45, 2.75) is 43.7 Å². The third-order valence-electron chi connectivity index (χ3n) is 7.65. The molecule has 2 aromatic heterocycles. The number of nitrogens with one attached hydrogen (secondary N) is 2. The van der Waals surface area contributed by atoms with Gasteiger partial charge in [0, 0.05) is 36.6 Å². The second-order valence-corrected chi connectivity index (χ2v) is 10.8. The number of anilines is 2. The van der Waals surface area contributed by atoms with Crippen LogP contribution in [-0.2, 0) is 32.7 Å². The predicted molar refractivity (Wildman–Crippen MR) is 166 cm³/mol. The number of amidine groups is 1. The first-order chi connectivity index (χ1) is 22.4. The summed E-state index contributed by atoms with van der Waals surface area (Å²) in [5.41, 5.74) is 8.51. The second-order valence-electron chi connectivity index (χ2n) is 10.8. The van der Waals surface area contributed by atoms with Crippen LogP contribution < -0.4 is 16.0 Å². The van der Waals surface area contributed by atoms with E-state index < -0.39 is 55.0 Å². The van der Waals surface area contributed by atoms with Gasteiger partial charge in [-0.25, -0.2) is 14.8 Å². The first kappa shape index (κ1) is 33.0. The first-order valence-electron chi connectivity index (χ1n) is 14.4. The summed E-state index contributed by atoms with van der Waals surface area (Å²) in [5.74, 6) is -2.22. The highest BCUT2D eigenvalue weighted by Gasteiger charge is 2.49. The van der Waals surface area contributed by atoms with Crippen LogP contribution in [-0.4, -0.2) is 95.9 Å². The van der Waals surface area contributed by atoms with Gasteiger partial charge >= 0.3 is 11.9 Å². The van der Waals surface area contributed by atoms with Crippen molar-refractivity contribution in [2.24, 2.45) is 12.8 Å². The molecule has 3 heterocycles. The third kappa shape index (κ3) is 7.20. The molecule has 246 valence electrons. The summed E-state index contributed by atoms with van der Waals surface area (Å²) >= 11 is 0. The Balaban J connectivity index is 1.31. The Morgan fingerprint density at radius 3 is 2.45 bits per heavy atom. The zero-order valence-electron chi connectivity index (χ0n) is 25.1. The second kappa shape index (κ2) is 13.9. The maximum atomic E-state index is 13.8. The lowest BCUT2D eigenvalue weighted by Gasteiger charge is -2.38. The highest BCUT2D eigenvalue weighted by Crippen LogP contribution is 2.25. The van der Waals surface area contributed by atoms with E-state index in [4.69, 9.17) is 25.6 Å². The van der Waals surface area contributed by atoms with Crippen LogP contribution >= 0.6 is 0 Å². The van der Waals surface area contributed by atoms with Gasteiger partial charge in [-0.15, -0.1) is 0 Å². The number of aliphatic hydroxyl groups excluding tert-OH is 3. The van der Waals surface area contributed by atoms with E-state index in [2.05, 4.69) is 10.3 Å². The minimum atomic E-state index is -1.99. The van der Waals surface area contributed by atoms with Gasteiger partial charge in [-0.1, -0.05) is 6.07 Å². The molecule has 0 bridgehead atoms. The summed E-state index contributed by atoms with van der Waals surface area (Å²) in [7, 11) is 1.85. The number of esters is 1. The maximum Gasteiger partial charge on any atom is 0.336 e. The molecule has 2 unspecified atom stereocenters. The van der Waals surface area contributed by atoms with Crippen molar-refractivity contribution in [1.82, 2.24) is 14.5 Å². The van der Waals surface area contributed by atoms with Crippen LogP contribution in [0.25, 0.3) is 11.0 Å². The molecule has 0 saturated carbocycles. The van der Waals surface area contributed by atoms with Crippen molar-refractivity contribution < 1.29 is 44.3 Å². The third-order valence-corrected chi connectivity index (χ3v) is 7.65. The summed E-state index contributed by atoms with van der Waals surface area (Å²) in [4.78, 5) is 48.4. The molecule has 2 aromatic carbocycles. The van der Waals surface area contributed by atoms with Crippen LogP contribution in [0, 0.1) is 5.41 Å². The number of aryl methyl sites for hydroxylation is 1. The van der Waals surface area contributed by atoms with Gasteiger partial charge in [-0.05, 0) is 54.6 Å². The van der Waals surface area contributed by atoms with E-state index in [1.165, 1.54) is 11.1 Å². The Labute approximate surface area is 267 Å². The fraction of sp³-hybridized carbons (Fsp3) is 0.290. The molecule has 0 aliphatic carbocycles. The van der Waals surface area contributed by atoms with Crippen LogP contribution in [0.4, 0.5) is 11.5 Å². The number of rotatable bonds is 11. The largest absolute Gasteiger partial charge is 0.479 e. The van der Waals surface area contributed by atoms with Gasteiger partial charge in [0.15, 0.2) is 18.5 Å². The Morgan fingerprint density at radius 1 is 1.06 bits per heavy atom. The molecule has 0 radical (unpaired) electrons. The predicted octanol–water partition coefficient (Wildman–Crippen LogP) is 0.337. The number of amides is 1. The van der Waals surface area contributed by atoms with Crippen molar-refractivity contribution in [1.29, 1.82) is 5.41 Å². The molecule has 4 aromatic rings. The van der Waals surface area contributed by atoms with Crippen molar-refractivity contribution in [3.8, 4) is 0 Å². The zero-order chi connectivity index (χ0) is 33.8. The SMILES string of the molecule is Cn1c(CNc2ccc(C(=N)N)cc2)nc2cc(C(=O)N(CCC(=O)OC3[C@@H](C(=O)O)OC(O)[C@H](O)[C@H]3O)c3ccccn3)ccc21. The smallest absolute Gasteiger partial charge is 0.336 e. The van der Waals surface area contributed by atoms with Gasteiger partial charge in [0.25, 0.3) is 5.91 Å². The van der Waals surface area contributed by atoms with E-state index in [0.717, 1.165) is 11.2 Å². The number of imidazole rings is 1. The number of carbonyl (C=O) groups is 3. The number of pyridine rings is 1. The molecule has 1 amide bonds. The molecule has 16 nitrogen and oxygen atoms in total. The number of aromatic nitrogens is 3. The fourth-order valence-electron chi connectivity index (χ4n) is 5.07. The molecule has 5 atom stereocenters. The normalized spacial score (nSPS) is 20.8. The average molecular weight is 648 g/mol. The van der Waals surface area contributed by atoms with Crippen molar-refractivity contribution in [3.05, 3.63) is 83.8 Å². The molecule has 16 heteroatoms. The number of benzene rings is 2. The maximum absolute atomic E-state index is 13.8. The monoisotopic (exact) mass is 647 g/mol. The summed E-state index contributed by atoms with van der Waals surface area (Å²) in [6.45, 7) is 0.134. The van der Waals surface area contributed by atoms with Gasteiger partial charge in [0.2, 0.25) is 0 Å². The van der Waals surface area contributed by atoms with Gasteiger partial charge < -0.3 is 45.5 Å². The lowest BCUT2D eigenvalue weighted by molar-refractivity contribution is -0.283. The summed E-state index contributed by atoms with van der Waals surface area (Å²) in [5, 5.41) is 50.1. The van der Waals surface area contributed by atoms with E-state index in [1.54, 1.807) is 60.7 Å². The summed E-state index contributed by atoms with van der Waals surface area (Å²) in [6, 6.07) is 17.0. The van der Waals surface area contributed by atoms with E-state index in [9.17, 15) is 34.8 Å². The van der Waals surface area contributed by atoms with Crippen molar-refractivity contribution in [3.63, 3.8) is 0 Å². The molecule has 0 spiro atoms. The Morgan fingerprint density at radius 2 is 1.79 bits per heavy atom. The fourth-order valence-corrected chi connectivity index (χ4v) is 5.07. The number of hydrogen-bond donors (Lipinski definition) is 7. The molecule has 1 fully saturated rings. The minimum Gasteiger partial charge on any atom is -0.479 e. The van der Waals surface area contributed by atoms with Crippen LogP contribution in [0.1, 0.15) is 28.2 Å². The van der Waals surface area contributed by atoms with Crippen LogP contribution in [0.2, 0.25) is 0 Å². The molecular formula is C31H33N7O9. The molecule has 1 saturated heterocycles. The van der Waals surface area contributed by atoms with Gasteiger partial charge in [-0.2, -0.15) is 0 Å². The lowest BCUT2D eigenvalue weighted by Crippen LogP contribution is -2.61. The van der Waals surface area contributed by atoms with Crippen LogP contribution in [0.15, 0.2) is 66.9 Å². The first-order valence-corrected chi connectivity index (χ1v) is 14.4. The molecular weight excluding hydrogens is 614 g/mol. The molecule has 5 rings (SSSR count). The Bertz CT molecular complexity index is 1780. The van der Waals surface area contributed by atoms with E-state index in [1.807, 2.05) is 11.6 Å². The number of fused-ring (bicyclic) bond motifs is 1. The number of carboxylic acids is 1. The van der Waals surface area contributed by atoms with Gasteiger partial charge in [-0.3, -0.25) is 19.9 Å². The Hall–Kier alpha value is -5.42. The molecule has 47 heavy (non-hydrogen) atoms. The van der Waals surface area contributed by atoms with E-state index >= 15 is 0 Å². The number of carbonyl (C=O) groups excluding carboxylic acids is 2. The lowest BCUT2D eigenvalue weighted by atomic mass is 9.98. The number of nitrogen functional groups attached to an aromatic ring is 1. The van der Waals surface area contributed by atoms with Crippen LogP contribution in [0.5, 0.6) is 0 Å². The van der Waals surface area contributed by atoms with Crippen LogP contribution in [0.3, 0.4) is 0 Å². The van der Waals surface area contributed by atoms with E-state index in [0.29, 0.717) is 23.4 Å². The number of aliphatic carboxylic acids is 1. The number of aliphatic hydroxyl groups is 3. The van der Waals surface area contributed by atoms with E-state index in [-0.39, 0.29) is 23.8 Å². The molecule has 1 aliphatic heterocycles. The number of hydrogen-bond acceptors (Lipinski definition) is 12. The van der Waals surface area contributed by atoms with Gasteiger partial charge in [0.05, 0.1) is 24.0 Å². The summed E-state index contributed by atoms with van der Waals surface area (Å²) < 4.78 is 11.8. The number of nitrogens with zero attached hydrogens (tertiary/aromatic N) is 4. The average Bonchev–Trinajstić information content (AvgIpc) is 3.38. The minimum absolute atomic E-state index is 0.0238. The number of carboxylic acid groups (broad SMARTS) is 1. The number of ether oxygens (including phenoxy) is 2. The van der Waals surface area contributed by atoms with Gasteiger partial charge in [0.1, 0.15) is 29.7 Å². The zero-order valence-corrected chi connectivity index (χ0v) is 25.1. The van der Waals surface area contributed by atoms with Crippen molar-refractivity contribution >= 4 is 46.2 Å². The highest BCUT2D eigenvalue weighted by atomic mass is 16.7. The van der Waals surface area contributed by atoms with Crippen molar-refractivity contribution in [2.75, 3.05) is 16.8 Å².